The first kappa shape index (κ1) is 12.0. The molecule has 1 aromatic heterocycles. The fourth-order valence-corrected chi connectivity index (χ4v) is 1.47. The summed E-state index contributed by atoms with van der Waals surface area (Å²) in [7, 11) is 0. The highest BCUT2D eigenvalue weighted by atomic mass is 35.5. The van der Waals surface area contributed by atoms with Crippen LogP contribution in [0.4, 0.5) is 5.69 Å². The number of nitrogens with zero attached hydrogens (tertiary/aromatic N) is 1. The monoisotopic (exact) mass is 231 g/mol. The lowest BCUT2D eigenvalue weighted by Crippen LogP contribution is -2.22. The lowest BCUT2D eigenvalue weighted by Gasteiger charge is -2.16. The van der Waals surface area contributed by atoms with Crippen LogP contribution in [0, 0.1) is 0 Å². The molecule has 1 heterocycles. The van der Waals surface area contributed by atoms with Crippen molar-refractivity contribution in [3.8, 4) is 0 Å². The van der Waals surface area contributed by atoms with Crippen molar-refractivity contribution in [2.45, 2.75) is 32.4 Å². The van der Waals surface area contributed by atoms with Crippen LogP contribution in [0.1, 0.15) is 20.3 Å². The van der Waals surface area contributed by atoms with Crippen LogP contribution < -0.4 is 10.9 Å². The van der Waals surface area contributed by atoms with E-state index in [-0.39, 0.29) is 11.1 Å². The zero-order valence-corrected chi connectivity index (χ0v) is 9.38. The molecule has 2 unspecified atom stereocenters. The predicted octanol–water partition coefficient (Wildman–Crippen LogP) is 0.995. The third-order valence-electron chi connectivity index (χ3n) is 1.89. The minimum absolute atomic E-state index is 0.0195. The van der Waals surface area contributed by atoms with Gasteiger partial charge in [0.05, 0.1) is 18.0 Å². The summed E-state index contributed by atoms with van der Waals surface area (Å²) in [6.07, 6.45) is 1.62. The Balaban J connectivity index is 2.72. The van der Waals surface area contributed by atoms with Crippen LogP contribution in [0.3, 0.4) is 0 Å². The van der Waals surface area contributed by atoms with Crippen LogP contribution in [-0.4, -0.2) is 27.4 Å². The highest BCUT2D eigenvalue weighted by molar-refractivity contribution is 6.32. The normalized spacial score (nSPS) is 14.7. The van der Waals surface area contributed by atoms with Gasteiger partial charge in [-0.25, -0.2) is 5.10 Å². The molecule has 0 aliphatic heterocycles. The van der Waals surface area contributed by atoms with Crippen molar-refractivity contribution >= 4 is 17.3 Å². The first-order valence-electron chi connectivity index (χ1n) is 4.68. The molecular weight excluding hydrogens is 218 g/mol. The van der Waals surface area contributed by atoms with Gasteiger partial charge in [-0.3, -0.25) is 4.79 Å². The van der Waals surface area contributed by atoms with E-state index in [0.717, 1.165) is 0 Å². The van der Waals surface area contributed by atoms with E-state index < -0.39 is 11.7 Å². The zero-order valence-electron chi connectivity index (χ0n) is 8.62. The summed E-state index contributed by atoms with van der Waals surface area (Å²) in [5.41, 5.74) is 0.0551. The number of rotatable bonds is 4. The molecule has 6 heteroatoms. The molecule has 0 radical (unpaired) electrons. The van der Waals surface area contributed by atoms with Gasteiger partial charge in [-0.05, 0) is 20.3 Å². The number of nitrogens with one attached hydrogen (secondary N) is 2. The molecule has 0 aromatic carbocycles. The third kappa shape index (κ3) is 3.53. The average molecular weight is 232 g/mol. The Morgan fingerprint density at radius 1 is 1.67 bits per heavy atom. The highest BCUT2D eigenvalue weighted by Gasteiger charge is 2.10. The lowest BCUT2D eigenvalue weighted by molar-refractivity contribution is 0.179. The second kappa shape index (κ2) is 5.14. The Hall–Kier alpha value is -1.07. The van der Waals surface area contributed by atoms with Gasteiger partial charge in [0.1, 0.15) is 5.02 Å². The summed E-state index contributed by atoms with van der Waals surface area (Å²) in [4.78, 5) is 11.1. The summed E-state index contributed by atoms with van der Waals surface area (Å²) in [5, 5.41) is 18.1. The standard InChI is InChI=1S/C9H14ClN3O2/c1-5(3-6(2)14)12-7-4-11-13-9(15)8(7)10/h4-6,14H,3H2,1-2H3,(H2,12,13,15). The summed E-state index contributed by atoms with van der Waals surface area (Å²) >= 11 is 5.77. The molecule has 0 fully saturated rings. The Kier molecular flexibility index (Phi) is 4.11. The van der Waals surface area contributed by atoms with Gasteiger partial charge < -0.3 is 10.4 Å². The van der Waals surface area contributed by atoms with Crippen LogP contribution in [0.5, 0.6) is 0 Å². The summed E-state index contributed by atoms with van der Waals surface area (Å²) < 4.78 is 0. The number of aromatic amines is 1. The second-order valence-corrected chi connectivity index (χ2v) is 3.93. The van der Waals surface area contributed by atoms with Gasteiger partial charge in [0.25, 0.3) is 5.56 Å². The van der Waals surface area contributed by atoms with E-state index in [2.05, 4.69) is 15.5 Å². The molecule has 2 atom stereocenters. The predicted molar refractivity (Wildman–Crippen MR) is 59.3 cm³/mol. The molecule has 15 heavy (non-hydrogen) atoms. The number of H-pyrrole nitrogens is 1. The molecule has 0 saturated heterocycles. The van der Waals surface area contributed by atoms with Gasteiger partial charge in [-0.15, -0.1) is 0 Å². The Bertz CT molecular complexity index is 378. The largest absolute Gasteiger partial charge is 0.393 e. The molecule has 1 rings (SSSR count). The molecule has 0 aliphatic rings. The van der Waals surface area contributed by atoms with Crippen LogP contribution in [-0.2, 0) is 0 Å². The zero-order chi connectivity index (χ0) is 11.4. The first-order valence-corrected chi connectivity index (χ1v) is 5.06. The maximum Gasteiger partial charge on any atom is 0.285 e. The smallest absolute Gasteiger partial charge is 0.285 e. The van der Waals surface area contributed by atoms with Crippen LogP contribution in [0.2, 0.25) is 5.02 Å². The van der Waals surface area contributed by atoms with Crippen LogP contribution >= 0.6 is 11.6 Å². The molecule has 0 amide bonds. The van der Waals surface area contributed by atoms with Crippen molar-refractivity contribution in [1.29, 1.82) is 0 Å². The van der Waals surface area contributed by atoms with Crippen molar-refractivity contribution in [2.75, 3.05) is 5.32 Å². The number of aliphatic hydroxyl groups is 1. The molecule has 5 nitrogen and oxygen atoms in total. The van der Waals surface area contributed by atoms with E-state index in [1.165, 1.54) is 6.20 Å². The maximum atomic E-state index is 11.1. The minimum atomic E-state index is -0.425. The second-order valence-electron chi connectivity index (χ2n) is 3.56. The van der Waals surface area contributed by atoms with E-state index in [4.69, 9.17) is 16.7 Å². The van der Waals surface area contributed by atoms with Crippen molar-refractivity contribution < 1.29 is 5.11 Å². The topological polar surface area (TPSA) is 78.0 Å². The Morgan fingerprint density at radius 3 is 2.93 bits per heavy atom. The van der Waals surface area contributed by atoms with Crippen molar-refractivity contribution in [3.05, 3.63) is 21.6 Å². The van der Waals surface area contributed by atoms with Gasteiger partial charge in [0.15, 0.2) is 0 Å². The fraction of sp³-hybridized carbons (Fsp3) is 0.556. The van der Waals surface area contributed by atoms with Gasteiger partial charge in [0, 0.05) is 6.04 Å². The van der Waals surface area contributed by atoms with E-state index in [0.29, 0.717) is 12.1 Å². The summed E-state index contributed by atoms with van der Waals surface area (Å²) in [6.45, 7) is 3.60. The molecule has 0 aliphatic carbocycles. The maximum absolute atomic E-state index is 11.1. The SMILES string of the molecule is CC(O)CC(C)Nc1cn[nH]c(=O)c1Cl. The number of halogens is 1. The molecule has 3 N–H and O–H groups in total. The summed E-state index contributed by atoms with van der Waals surface area (Å²) in [5.74, 6) is 0. The van der Waals surface area contributed by atoms with Gasteiger partial charge in [-0.1, -0.05) is 11.6 Å². The third-order valence-corrected chi connectivity index (χ3v) is 2.27. The molecule has 0 bridgehead atoms. The van der Waals surface area contributed by atoms with Gasteiger partial charge in [0.2, 0.25) is 0 Å². The number of hydrogen-bond acceptors (Lipinski definition) is 4. The summed E-state index contributed by atoms with van der Waals surface area (Å²) in [6, 6.07) is 0.0195. The van der Waals surface area contributed by atoms with E-state index >= 15 is 0 Å². The average Bonchev–Trinajstić information content (AvgIpc) is 2.11. The molecular formula is C9H14ClN3O2. The van der Waals surface area contributed by atoms with Gasteiger partial charge >= 0.3 is 0 Å². The Morgan fingerprint density at radius 2 is 2.33 bits per heavy atom. The molecule has 1 aromatic rings. The van der Waals surface area contributed by atoms with Crippen molar-refractivity contribution in [3.63, 3.8) is 0 Å². The lowest BCUT2D eigenvalue weighted by atomic mass is 10.1. The minimum Gasteiger partial charge on any atom is -0.393 e. The van der Waals surface area contributed by atoms with Crippen LogP contribution in [0.25, 0.3) is 0 Å². The number of hydrogen-bond donors (Lipinski definition) is 3. The van der Waals surface area contributed by atoms with E-state index in [1.807, 2.05) is 6.92 Å². The van der Waals surface area contributed by atoms with Crippen molar-refractivity contribution in [2.24, 2.45) is 0 Å². The van der Waals surface area contributed by atoms with Gasteiger partial charge in [-0.2, -0.15) is 5.10 Å². The molecule has 0 saturated carbocycles. The number of aliphatic hydroxyl groups excluding tert-OH is 1. The molecule has 84 valence electrons. The quantitative estimate of drug-likeness (QED) is 0.722. The number of anilines is 1. The molecule has 0 spiro atoms. The fourth-order valence-electron chi connectivity index (χ4n) is 1.32. The first-order chi connectivity index (χ1) is 7.00. The number of aromatic nitrogens is 2. The highest BCUT2D eigenvalue weighted by Crippen LogP contribution is 2.16. The van der Waals surface area contributed by atoms with E-state index in [9.17, 15) is 4.79 Å². The Labute approximate surface area is 92.5 Å². The van der Waals surface area contributed by atoms with Crippen LogP contribution in [0.15, 0.2) is 11.0 Å². The van der Waals surface area contributed by atoms with Crippen molar-refractivity contribution in [1.82, 2.24) is 10.2 Å². The van der Waals surface area contributed by atoms with E-state index in [1.54, 1.807) is 6.92 Å².